The normalized spacial score (nSPS) is 13.5. The third-order valence-electron chi connectivity index (χ3n) is 7.50. The average Bonchev–Trinajstić information content (AvgIpc) is 3.44. The summed E-state index contributed by atoms with van der Waals surface area (Å²) in [6, 6.07) is 10.00. The maximum atomic E-state index is 12.9. The lowest BCUT2D eigenvalue weighted by Gasteiger charge is -2.25. The second-order valence-electron chi connectivity index (χ2n) is 11.2. The molecule has 0 radical (unpaired) electrons. The Bertz CT molecular complexity index is 914. The van der Waals surface area contributed by atoms with Crippen molar-refractivity contribution in [3.8, 4) is 11.5 Å². The Kier molecular flexibility index (Phi) is 14.9. The molecular weight excluding hydrogens is 488 g/mol. The predicted molar refractivity (Wildman–Crippen MR) is 158 cm³/mol. The van der Waals surface area contributed by atoms with Gasteiger partial charge in [-0.25, -0.2) is 0 Å². The first-order valence-electron chi connectivity index (χ1n) is 15.5. The molecule has 0 unspecified atom stereocenters. The van der Waals surface area contributed by atoms with Gasteiger partial charge in [0, 0.05) is 19.0 Å². The van der Waals surface area contributed by atoms with Crippen molar-refractivity contribution in [1.29, 1.82) is 0 Å². The number of nitrogens with one attached hydrogen (secondary N) is 1. The number of fused-ring (bicyclic) bond motifs is 1. The van der Waals surface area contributed by atoms with Crippen LogP contribution in [0.5, 0.6) is 11.5 Å². The maximum Gasteiger partial charge on any atom is 0.220 e. The van der Waals surface area contributed by atoms with Gasteiger partial charge in [0.15, 0.2) is 11.5 Å². The summed E-state index contributed by atoms with van der Waals surface area (Å²) in [5.41, 5.74) is 1.14. The molecule has 218 valence electrons. The van der Waals surface area contributed by atoms with E-state index in [2.05, 4.69) is 30.3 Å². The Labute approximate surface area is 236 Å². The Morgan fingerprint density at radius 1 is 0.872 bits per heavy atom. The molecule has 1 aromatic carbocycles. The van der Waals surface area contributed by atoms with Crippen LogP contribution in [0.3, 0.4) is 0 Å². The monoisotopic (exact) mass is 540 g/mol. The number of unbranched alkanes of at least 4 members (excludes halogenated alkanes) is 12. The van der Waals surface area contributed by atoms with Crippen LogP contribution in [0, 0.1) is 0 Å². The molecule has 1 aromatic heterocycles. The van der Waals surface area contributed by atoms with Gasteiger partial charge in [0.2, 0.25) is 5.91 Å². The molecule has 3 rings (SSSR count). The summed E-state index contributed by atoms with van der Waals surface area (Å²) >= 11 is 0. The largest absolute Gasteiger partial charge is 0.486 e. The van der Waals surface area contributed by atoms with Crippen molar-refractivity contribution >= 4 is 5.91 Å². The number of benzene rings is 1. The van der Waals surface area contributed by atoms with Gasteiger partial charge < -0.3 is 19.2 Å². The quantitative estimate of drug-likeness (QED) is 0.164. The Morgan fingerprint density at radius 3 is 2.15 bits per heavy atom. The summed E-state index contributed by atoms with van der Waals surface area (Å²) in [6.45, 7) is 4.87. The van der Waals surface area contributed by atoms with E-state index >= 15 is 0 Å². The molecule has 0 fully saturated rings. The molecule has 0 saturated heterocycles. The van der Waals surface area contributed by atoms with Crippen LogP contribution in [0.25, 0.3) is 0 Å². The molecule has 6 nitrogen and oxygen atoms in total. The number of amides is 1. The van der Waals surface area contributed by atoms with Crippen LogP contribution in [-0.4, -0.2) is 43.7 Å². The molecule has 39 heavy (non-hydrogen) atoms. The Hall–Kier alpha value is -2.47. The van der Waals surface area contributed by atoms with Crippen molar-refractivity contribution in [3.63, 3.8) is 0 Å². The predicted octanol–water partition coefficient (Wildman–Crippen LogP) is 7.69. The van der Waals surface area contributed by atoms with Crippen molar-refractivity contribution in [2.45, 2.75) is 116 Å². The summed E-state index contributed by atoms with van der Waals surface area (Å²) in [5.74, 6) is 2.66. The fourth-order valence-corrected chi connectivity index (χ4v) is 5.37. The lowest BCUT2D eigenvalue weighted by Crippen LogP contribution is -2.43. The van der Waals surface area contributed by atoms with Crippen LogP contribution in [-0.2, 0) is 17.8 Å². The number of carbonyl (C=O) groups excluding carboxylic acids is 1. The fraction of sp³-hybridized carbons (Fsp3) is 0.667. The molecule has 0 saturated carbocycles. The van der Waals surface area contributed by atoms with Crippen molar-refractivity contribution in [2.75, 3.05) is 26.8 Å². The van der Waals surface area contributed by atoms with Crippen molar-refractivity contribution in [3.05, 3.63) is 47.9 Å². The van der Waals surface area contributed by atoms with Crippen LogP contribution in [0.2, 0.25) is 0 Å². The van der Waals surface area contributed by atoms with Gasteiger partial charge in [-0.2, -0.15) is 0 Å². The first-order chi connectivity index (χ1) is 19.1. The number of carbonyl (C=O) groups is 1. The number of likely N-dealkylation sites (N-methyl/N-ethyl adjacent to an activating group) is 1. The summed E-state index contributed by atoms with van der Waals surface area (Å²) < 4.78 is 17.0. The SMILES string of the molecule is CCCCCCCCCCCCCCCC(=O)N[C@@H](Cc1ccc2c(c1)OCCO2)CN(C)Cc1ccco1. The van der Waals surface area contributed by atoms with Crippen LogP contribution >= 0.6 is 0 Å². The first-order valence-corrected chi connectivity index (χ1v) is 15.5. The van der Waals surface area contributed by atoms with Crippen LogP contribution in [0.1, 0.15) is 108 Å². The third-order valence-corrected chi connectivity index (χ3v) is 7.50. The lowest BCUT2D eigenvalue weighted by atomic mass is 10.0. The smallest absolute Gasteiger partial charge is 0.220 e. The van der Waals surface area contributed by atoms with Gasteiger partial charge >= 0.3 is 0 Å². The lowest BCUT2D eigenvalue weighted by molar-refractivity contribution is -0.122. The van der Waals surface area contributed by atoms with Crippen LogP contribution in [0.4, 0.5) is 0 Å². The van der Waals surface area contributed by atoms with Gasteiger partial charge in [-0.15, -0.1) is 0 Å². The zero-order valence-electron chi connectivity index (χ0n) is 24.6. The number of hydrogen-bond donors (Lipinski definition) is 1. The van der Waals surface area contributed by atoms with Gasteiger partial charge in [0.05, 0.1) is 12.8 Å². The van der Waals surface area contributed by atoms with Gasteiger partial charge in [0.1, 0.15) is 19.0 Å². The van der Waals surface area contributed by atoms with Gasteiger partial charge in [-0.05, 0) is 49.7 Å². The minimum Gasteiger partial charge on any atom is -0.486 e. The number of nitrogens with zero attached hydrogens (tertiary/aromatic N) is 1. The number of furan rings is 1. The van der Waals surface area contributed by atoms with Crippen molar-refractivity contribution in [2.24, 2.45) is 0 Å². The molecule has 0 bridgehead atoms. The minimum atomic E-state index is 0.00185. The Morgan fingerprint density at radius 2 is 1.51 bits per heavy atom. The van der Waals surface area contributed by atoms with Crippen molar-refractivity contribution < 1.29 is 18.7 Å². The van der Waals surface area contributed by atoms with Crippen LogP contribution < -0.4 is 14.8 Å². The second-order valence-corrected chi connectivity index (χ2v) is 11.2. The average molecular weight is 541 g/mol. The van der Waals surface area contributed by atoms with Gasteiger partial charge in [-0.1, -0.05) is 90.0 Å². The maximum absolute atomic E-state index is 12.9. The van der Waals surface area contributed by atoms with E-state index in [1.807, 2.05) is 24.3 Å². The second kappa shape index (κ2) is 18.8. The van der Waals surface area contributed by atoms with E-state index < -0.39 is 0 Å². The molecule has 0 aliphatic carbocycles. The molecule has 0 spiro atoms. The summed E-state index contributed by atoms with van der Waals surface area (Å²) in [5, 5.41) is 3.32. The number of hydrogen-bond acceptors (Lipinski definition) is 5. The van der Waals surface area contributed by atoms with E-state index in [4.69, 9.17) is 13.9 Å². The summed E-state index contributed by atoms with van der Waals surface area (Å²) in [4.78, 5) is 15.1. The Balaban J connectivity index is 1.35. The summed E-state index contributed by atoms with van der Waals surface area (Å²) in [7, 11) is 2.07. The molecule has 2 aromatic rings. The first kappa shape index (κ1) is 31.1. The zero-order valence-corrected chi connectivity index (χ0v) is 24.6. The highest BCUT2D eigenvalue weighted by molar-refractivity contribution is 5.76. The number of rotatable bonds is 21. The van der Waals surface area contributed by atoms with Gasteiger partial charge in [-0.3, -0.25) is 9.69 Å². The molecule has 1 atom stereocenters. The van der Waals surface area contributed by atoms with Gasteiger partial charge in [0.25, 0.3) is 0 Å². The van der Waals surface area contributed by atoms with E-state index in [0.717, 1.165) is 48.6 Å². The van der Waals surface area contributed by atoms with E-state index in [1.54, 1.807) is 6.26 Å². The molecule has 1 aliphatic rings. The van der Waals surface area contributed by atoms with E-state index in [9.17, 15) is 4.79 Å². The molecule has 1 amide bonds. The minimum absolute atomic E-state index is 0.00185. The highest BCUT2D eigenvalue weighted by Crippen LogP contribution is 2.31. The number of ether oxygens (including phenoxy) is 2. The topological polar surface area (TPSA) is 63.9 Å². The van der Waals surface area contributed by atoms with E-state index in [0.29, 0.717) is 26.2 Å². The standard InChI is InChI=1S/C33H52N2O4/c1-3-4-5-6-7-8-9-10-11-12-13-14-15-18-33(36)34-29(26-35(2)27-30-17-16-21-37-30)24-28-19-20-31-32(25-28)39-23-22-38-31/h16-17,19-21,25,29H,3-15,18,22-24,26-27H2,1-2H3,(H,34,36)/t29-/m0/s1. The molecule has 2 heterocycles. The van der Waals surface area contributed by atoms with Crippen LogP contribution in [0.15, 0.2) is 41.0 Å². The highest BCUT2D eigenvalue weighted by Gasteiger charge is 2.18. The van der Waals surface area contributed by atoms with Crippen molar-refractivity contribution in [1.82, 2.24) is 10.2 Å². The third kappa shape index (κ3) is 13.0. The molecule has 1 N–H and O–H groups in total. The summed E-state index contributed by atoms with van der Waals surface area (Å²) in [6.07, 6.45) is 20.1. The zero-order chi connectivity index (χ0) is 27.5. The molecular formula is C33H52N2O4. The van der Waals surface area contributed by atoms with E-state index in [-0.39, 0.29) is 11.9 Å². The molecule has 6 heteroatoms. The fourth-order valence-electron chi connectivity index (χ4n) is 5.37. The molecule has 1 aliphatic heterocycles. The highest BCUT2D eigenvalue weighted by atomic mass is 16.6. The van der Waals surface area contributed by atoms with E-state index in [1.165, 1.54) is 70.6 Å².